The Bertz CT molecular complexity index is 1510. The summed E-state index contributed by atoms with van der Waals surface area (Å²) in [7, 11) is 0. The Morgan fingerprint density at radius 3 is 1.12 bits per heavy atom. The van der Waals surface area contributed by atoms with Crippen LogP contribution in [0.1, 0.15) is 194 Å². The lowest BCUT2D eigenvalue weighted by Crippen LogP contribution is -2.30. The number of unbranched alkanes of at least 4 members (excludes halogenated alkanes) is 15. The maximum atomic E-state index is 12.8. The van der Waals surface area contributed by atoms with Gasteiger partial charge < -0.3 is 14.2 Å². The number of hydrogen-bond donors (Lipinski definition) is 0. The van der Waals surface area contributed by atoms with Gasteiger partial charge in [-0.25, -0.2) is 0 Å². The molecule has 0 aliphatic heterocycles. The van der Waals surface area contributed by atoms with Crippen molar-refractivity contribution in [2.45, 2.75) is 200 Å². The van der Waals surface area contributed by atoms with E-state index in [9.17, 15) is 14.4 Å². The van der Waals surface area contributed by atoms with Crippen LogP contribution in [0.3, 0.4) is 0 Å². The summed E-state index contributed by atoms with van der Waals surface area (Å²) >= 11 is 0. The zero-order valence-corrected chi connectivity index (χ0v) is 41.9. The largest absolute Gasteiger partial charge is 0.462 e. The van der Waals surface area contributed by atoms with E-state index in [2.05, 4.69) is 130 Å². The van der Waals surface area contributed by atoms with Gasteiger partial charge in [0.2, 0.25) is 0 Å². The maximum Gasteiger partial charge on any atom is 0.306 e. The third-order valence-electron chi connectivity index (χ3n) is 10.2. The number of esters is 3. The molecular formula is C60H92O6. The van der Waals surface area contributed by atoms with Gasteiger partial charge in [0, 0.05) is 19.3 Å². The van der Waals surface area contributed by atoms with Crippen molar-refractivity contribution >= 4 is 17.9 Å². The predicted molar refractivity (Wildman–Crippen MR) is 283 cm³/mol. The molecule has 6 heteroatoms. The second kappa shape index (κ2) is 52.9. The molecule has 1 atom stereocenters. The van der Waals surface area contributed by atoms with Crippen LogP contribution in [0.25, 0.3) is 0 Å². The summed E-state index contributed by atoms with van der Waals surface area (Å²) in [5.41, 5.74) is 0. The molecule has 0 fully saturated rings. The number of ether oxygens (including phenoxy) is 3. The molecule has 6 nitrogen and oxygen atoms in total. The number of carbonyl (C=O) groups excluding carboxylic acids is 3. The molecule has 0 N–H and O–H groups in total. The van der Waals surface area contributed by atoms with Crippen LogP contribution >= 0.6 is 0 Å². The molecular weight excluding hydrogens is 817 g/mol. The second-order valence-corrected chi connectivity index (χ2v) is 16.5. The first-order valence-electron chi connectivity index (χ1n) is 25.9. The standard InChI is InChI=1S/C60H92O6/c1-4-7-10-13-16-19-22-25-27-29-31-32-35-38-41-44-47-50-53-59(62)65-56-57(55-64-58(61)52-49-46-43-40-37-34-24-21-18-15-12-9-6-3)66-60(63)54-51-48-45-42-39-36-33-30-28-26-23-20-17-14-11-8-5-2/h9,12,15-22,24-29,31-34,36-37,42,45,57H,4-8,10-11,13-14,23,30,35,38-41,43-44,46-56H2,1-3H3/b12-9+,18-15+,19-16+,20-17+,24-21+,25-22+,28-26+,29-27+,32-31+,36-33+,37-34+,45-42+. The van der Waals surface area contributed by atoms with Crippen LogP contribution in [0.5, 0.6) is 0 Å². The van der Waals surface area contributed by atoms with Crippen LogP contribution in [0.4, 0.5) is 0 Å². The molecule has 66 heavy (non-hydrogen) atoms. The van der Waals surface area contributed by atoms with Crippen LogP contribution in [-0.2, 0) is 28.6 Å². The van der Waals surface area contributed by atoms with E-state index in [1.807, 2.05) is 36.5 Å². The fraction of sp³-hybridized carbons (Fsp3) is 0.550. The van der Waals surface area contributed by atoms with Gasteiger partial charge in [0.1, 0.15) is 13.2 Å². The van der Waals surface area contributed by atoms with E-state index < -0.39 is 6.10 Å². The van der Waals surface area contributed by atoms with Gasteiger partial charge in [-0.15, -0.1) is 0 Å². The second-order valence-electron chi connectivity index (χ2n) is 16.5. The van der Waals surface area contributed by atoms with E-state index in [1.165, 1.54) is 44.9 Å². The highest BCUT2D eigenvalue weighted by molar-refractivity contribution is 5.71. The fourth-order valence-electron chi connectivity index (χ4n) is 6.34. The molecule has 0 radical (unpaired) electrons. The minimum atomic E-state index is -0.839. The molecule has 0 aromatic carbocycles. The normalized spacial score (nSPS) is 13.3. The molecule has 0 heterocycles. The molecule has 0 aromatic heterocycles. The van der Waals surface area contributed by atoms with Crippen molar-refractivity contribution in [1.82, 2.24) is 0 Å². The Morgan fingerprint density at radius 2 is 0.667 bits per heavy atom. The first-order chi connectivity index (χ1) is 32.5. The molecule has 0 spiro atoms. The molecule has 0 amide bonds. The first-order valence-corrected chi connectivity index (χ1v) is 25.9. The number of carbonyl (C=O) groups is 3. The molecule has 368 valence electrons. The lowest BCUT2D eigenvalue weighted by Gasteiger charge is -2.18. The third-order valence-corrected chi connectivity index (χ3v) is 10.2. The van der Waals surface area contributed by atoms with Crippen molar-refractivity contribution in [1.29, 1.82) is 0 Å². The summed E-state index contributed by atoms with van der Waals surface area (Å²) in [6.45, 7) is 6.30. The maximum absolute atomic E-state index is 12.8. The van der Waals surface area contributed by atoms with E-state index in [1.54, 1.807) is 0 Å². The average molecular weight is 909 g/mol. The quantitative estimate of drug-likeness (QED) is 0.0199. The van der Waals surface area contributed by atoms with Crippen molar-refractivity contribution in [2.75, 3.05) is 13.2 Å². The fourth-order valence-corrected chi connectivity index (χ4v) is 6.34. The topological polar surface area (TPSA) is 78.9 Å². The molecule has 0 saturated carbocycles. The van der Waals surface area contributed by atoms with Gasteiger partial charge in [0.05, 0.1) is 0 Å². The third kappa shape index (κ3) is 50.3. The highest BCUT2D eigenvalue weighted by atomic mass is 16.6. The minimum Gasteiger partial charge on any atom is -0.462 e. The monoisotopic (exact) mass is 909 g/mol. The lowest BCUT2D eigenvalue weighted by molar-refractivity contribution is -0.167. The lowest BCUT2D eigenvalue weighted by atomic mass is 10.1. The van der Waals surface area contributed by atoms with Crippen molar-refractivity contribution < 1.29 is 28.6 Å². The Balaban J connectivity index is 4.61. The zero-order chi connectivity index (χ0) is 47.9. The van der Waals surface area contributed by atoms with E-state index in [0.29, 0.717) is 12.8 Å². The van der Waals surface area contributed by atoms with Gasteiger partial charge >= 0.3 is 17.9 Å². The highest BCUT2D eigenvalue weighted by Crippen LogP contribution is 2.11. The molecule has 0 bridgehead atoms. The molecule has 0 aliphatic rings. The van der Waals surface area contributed by atoms with Gasteiger partial charge in [-0.3, -0.25) is 14.4 Å². The van der Waals surface area contributed by atoms with E-state index in [4.69, 9.17) is 14.2 Å². The van der Waals surface area contributed by atoms with Gasteiger partial charge in [0.25, 0.3) is 0 Å². The average Bonchev–Trinajstić information content (AvgIpc) is 3.31. The smallest absolute Gasteiger partial charge is 0.306 e. The Morgan fingerprint density at radius 1 is 0.333 bits per heavy atom. The van der Waals surface area contributed by atoms with Crippen LogP contribution in [0, 0.1) is 0 Å². The zero-order valence-electron chi connectivity index (χ0n) is 41.9. The van der Waals surface area contributed by atoms with Crippen LogP contribution < -0.4 is 0 Å². The minimum absolute atomic E-state index is 0.132. The summed E-state index contributed by atoms with van der Waals surface area (Å²) in [6, 6.07) is 0. The van der Waals surface area contributed by atoms with Crippen LogP contribution in [-0.4, -0.2) is 37.2 Å². The molecule has 0 aliphatic carbocycles. The number of hydrogen-bond acceptors (Lipinski definition) is 6. The summed E-state index contributed by atoms with van der Waals surface area (Å²) in [4.78, 5) is 38.0. The summed E-state index contributed by atoms with van der Waals surface area (Å²) in [5.74, 6) is -1.06. The van der Waals surface area contributed by atoms with Crippen molar-refractivity contribution in [2.24, 2.45) is 0 Å². The summed E-state index contributed by atoms with van der Waals surface area (Å²) < 4.78 is 16.7. The van der Waals surface area contributed by atoms with Gasteiger partial charge in [0.15, 0.2) is 6.10 Å². The molecule has 1 unspecified atom stereocenters. The summed E-state index contributed by atoms with van der Waals surface area (Å²) in [5, 5.41) is 0. The van der Waals surface area contributed by atoms with Crippen LogP contribution in [0.15, 0.2) is 146 Å². The first kappa shape index (κ1) is 61.3. The Labute approximate surface area is 404 Å². The van der Waals surface area contributed by atoms with Crippen molar-refractivity contribution in [3.63, 3.8) is 0 Å². The predicted octanol–water partition coefficient (Wildman–Crippen LogP) is 17.3. The van der Waals surface area contributed by atoms with Gasteiger partial charge in [-0.05, 0) is 103 Å². The van der Waals surface area contributed by atoms with Gasteiger partial charge in [-0.2, -0.15) is 0 Å². The van der Waals surface area contributed by atoms with E-state index in [-0.39, 0.29) is 44.0 Å². The van der Waals surface area contributed by atoms with Crippen LogP contribution in [0.2, 0.25) is 0 Å². The van der Waals surface area contributed by atoms with Crippen molar-refractivity contribution in [3.8, 4) is 0 Å². The molecule has 0 saturated heterocycles. The van der Waals surface area contributed by atoms with E-state index in [0.717, 1.165) is 103 Å². The SMILES string of the molecule is CC/C=C/C=C/C=C/C=C/CCCCCC(=O)OCC(COC(=O)CCCCCCC/C=C/C=C/C=C/C=C/CCCCC)OC(=O)CCC/C=C/C/C=C/C/C=C/C/C=C/CCCCC. The molecule has 0 rings (SSSR count). The molecule has 0 aromatic rings. The Kier molecular flexibility index (Phi) is 49.1. The number of rotatable bonds is 44. The Hall–Kier alpha value is -4.71. The summed E-state index contributed by atoms with van der Waals surface area (Å²) in [6.07, 6.45) is 75.4. The van der Waals surface area contributed by atoms with E-state index >= 15 is 0 Å². The number of allylic oxidation sites excluding steroid dienone is 24. The van der Waals surface area contributed by atoms with Crippen molar-refractivity contribution in [3.05, 3.63) is 146 Å². The van der Waals surface area contributed by atoms with Gasteiger partial charge in [-0.1, -0.05) is 218 Å². The highest BCUT2D eigenvalue weighted by Gasteiger charge is 2.19.